The molecule has 21 heavy (non-hydrogen) atoms. The van der Waals surface area contributed by atoms with E-state index in [1.165, 1.54) is 13.2 Å². The molecule has 0 radical (unpaired) electrons. The van der Waals surface area contributed by atoms with Crippen molar-refractivity contribution in [3.63, 3.8) is 0 Å². The molecule has 0 amide bonds. The molecule has 0 N–H and O–H groups in total. The summed E-state index contributed by atoms with van der Waals surface area (Å²) in [5.74, 6) is -1.71. The molecule has 0 heterocycles. The summed E-state index contributed by atoms with van der Waals surface area (Å²) in [4.78, 5) is -0.726. The largest absolute Gasteiger partial charge is 0.496 e. The highest BCUT2D eigenvalue weighted by molar-refractivity contribution is 9.10. The summed E-state index contributed by atoms with van der Waals surface area (Å²) < 4.78 is 46.3. The number of halogens is 6. The van der Waals surface area contributed by atoms with Gasteiger partial charge in [0.25, 0.3) is 0 Å². The Balaban J connectivity index is 2.57. The molecule has 1 atom stereocenters. The van der Waals surface area contributed by atoms with Gasteiger partial charge in [-0.3, -0.25) is 0 Å². The van der Waals surface area contributed by atoms with Crippen LogP contribution in [0.3, 0.4) is 0 Å². The first-order valence-electron chi connectivity index (χ1n) is 5.66. The quantitative estimate of drug-likeness (QED) is 0.416. The number of hydrogen-bond donors (Lipinski definition) is 0. The molecule has 0 saturated heterocycles. The SMILES string of the molecule is COc1cc(F)c(Br)cc1C(Br)c1cc(F)c(Cl)cc1F. The van der Waals surface area contributed by atoms with Gasteiger partial charge in [0.1, 0.15) is 23.2 Å². The zero-order chi connectivity index (χ0) is 15.7. The van der Waals surface area contributed by atoms with Gasteiger partial charge < -0.3 is 4.74 Å². The van der Waals surface area contributed by atoms with Crippen LogP contribution >= 0.6 is 43.5 Å². The molecule has 112 valence electrons. The van der Waals surface area contributed by atoms with Crippen molar-refractivity contribution < 1.29 is 17.9 Å². The number of alkyl halides is 1. The lowest BCUT2D eigenvalue weighted by atomic mass is 10.0. The Labute approximate surface area is 141 Å². The fourth-order valence-corrected chi connectivity index (χ4v) is 3.04. The Morgan fingerprint density at radius 2 is 1.67 bits per heavy atom. The van der Waals surface area contributed by atoms with Gasteiger partial charge in [0.2, 0.25) is 0 Å². The summed E-state index contributed by atoms with van der Waals surface area (Å²) in [5.41, 5.74) is 0.486. The highest BCUT2D eigenvalue weighted by Crippen LogP contribution is 2.40. The molecule has 0 saturated carbocycles. The summed E-state index contributed by atoms with van der Waals surface area (Å²) in [5, 5.41) is -0.303. The van der Waals surface area contributed by atoms with Crippen molar-refractivity contribution in [2.24, 2.45) is 0 Å². The first-order chi connectivity index (χ1) is 9.85. The van der Waals surface area contributed by atoms with Crippen LogP contribution in [-0.4, -0.2) is 7.11 Å². The maximum atomic E-state index is 14.0. The lowest BCUT2D eigenvalue weighted by Crippen LogP contribution is -2.02. The first kappa shape index (κ1) is 16.6. The lowest BCUT2D eigenvalue weighted by Gasteiger charge is -2.16. The molecule has 1 unspecified atom stereocenters. The van der Waals surface area contributed by atoms with Gasteiger partial charge in [-0.05, 0) is 34.1 Å². The van der Waals surface area contributed by atoms with Crippen molar-refractivity contribution in [3.8, 4) is 5.75 Å². The molecule has 0 spiro atoms. The normalized spacial score (nSPS) is 12.3. The van der Waals surface area contributed by atoms with Gasteiger partial charge in [0.05, 0.1) is 21.4 Å². The predicted octanol–water partition coefficient (Wildman–Crippen LogP) is 6.01. The highest BCUT2D eigenvalue weighted by atomic mass is 79.9. The van der Waals surface area contributed by atoms with Crippen molar-refractivity contribution in [1.82, 2.24) is 0 Å². The smallest absolute Gasteiger partial charge is 0.142 e. The van der Waals surface area contributed by atoms with Crippen LogP contribution in [0.4, 0.5) is 13.2 Å². The van der Waals surface area contributed by atoms with Crippen molar-refractivity contribution >= 4 is 43.5 Å². The molecule has 0 aliphatic rings. The second-order valence-electron chi connectivity index (χ2n) is 4.16. The topological polar surface area (TPSA) is 9.23 Å². The van der Waals surface area contributed by atoms with Crippen LogP contribution in [0, 0.1) is 17.5 Å². The number of ether oxygens (including phenoxy) is 1. The van der Waals surface area contributed by atoms with Crippen LogP contribution < -0.4 is 4.74 Å². The van der Waals surface area contributed by atoms with Gasteiger partial charge in [0, 0.05) is 17.2 Å². The molecule has 0 aliphatic heterocycles. The van der Waals surface area contributed by atoms with Crippen LogP contribution in [0.1, 0.15) is 16.0 Å². The van der Waals surface area contributed by atoms with Crippen molar-refractivity contribution in [2.45, 2.75) is 4.83 Å². The van der Waals surface area contributed by atoms with E-state index < -0.39 is 22.3 Å². The van der Waals surface area contributed by atoms with E-state index in [2.05, 4.69) is 31.9 Å². The predicted molar refractivity (Wildman–Crippen MR) is 82.8 cm³/mol. The van der Waals surface area contributed by atoms with Gasteiger partial charge in [-0.1, -0.05) is 27.5 Å². The molecule has 7 heteroatoms. The molecular formula is C14H8Br2ClF3O. The van der Waals surface area contributed by atoms with E-state index in [-0.39, 0.29) is 20.8 Å². The Bertz CT molecular complexity index is 694. The van der Waals surface area contributed by atoms with Crippen LogP contribution in [0.2, 0.25) is 5.02 Å². The number of hydrogen-bond acceptors (Lipinski definition) is 1. The fraction of sp³-hybridized carbons (Fsp3) is 0.143. The van der Waals surface area contributed by atoms with E-state index in [1.54, 1.807) is 0 Å². The van der Waals surface area contributed by atoms with E-state index in [4.69, 9.17) is 16.3 Å². The zero-order valence-electron chi connectivity index (χ0n) is 10.6. The maximum absolute atomic E-state index is 14.0. The lowest BCUT2D eigenvalue weighted by molar-refractivity contribution is 0.406. The van der Waals surface area contributed by atoms with Gasteiger partial charge in [-0.2, -0.15) is 0 Å². The van der Waals surface area contributed by atoms with Crippen LogP contribution in [0.25, 0.3) is 0 Å². The Hall–Kier alpha value is -0.720. The van der Waals surface area contributed by atoms with Crippen LogP contribution in [-0.2, 0) is 0 Å². The third-order valence-corrected chi connectivity index (χ3v) is 4.74. The Kier molecular flexibility index (Phi) is 5.22. The average Bonchev–Trinajstić information content (AvgIpc) is 2.44. The zero-order valence-corrected chi connectivity index (χ0v) is 14.5. The minimum atomic E-state index is -0.738. The molecule has 0 bridgehead atoms. The molecule has 1 nitrogen and oxygen atoms in total. The monoisotopic (exact) mass is 442 g/mol. The molecular weight excluding hydrogens is 436 g/mol. The second-order valence-corrected chi connectivity index (χ2v) is 6.34. The average molecular weight is 444 g/mol. The Morgan fingerprint density at radius 3 is 2.29 bits per heavy atom. The standard InChI is InChI=1S/C14H8Br2ClF3O/c1-21-13-5-11(19)8(15)2-7(13)14(16)6-3-12(20)9(17)4-10(6)18/h2-5,14H,1H3. The summed E-state index contributed by atoms with van der Waals surface area (Å²) in [6, 6.07) is 4.50. The third-order valence-electron chi connectivity index (χ3n) is 2.86. The Morgan fingerprint density at radius 1 is 1.00 bits per heavy atom. The van der Waals surface area contributed by atoms with Crippen LogP contribution in [0.15, 0.2) is 28.7 Å². The number of rotatable bonds is 3. The minimum Gasteiger partial charge on any atom is -0.496 e. The van der Waals surface area contributed by atoms with Gasteiger partial charge in [0.15, 0.2) is 0 Å². The summed E-state index contributed by atoms with van der Waals surface area (Å²) >= 11 is 11.9. The summed E-state index contributed by atoms with van der Waals surface area (Å²) in [7, 11) is 1.37. The van der Waals surface area contributed by atoms with Crippen molar-refractivity contribution in [1.29, 1.82) is 0 Å². The molecule has 2 aromatic rings. The van der Waals surface area contributed by atoms with Crippen molar-refractivity contribution in [2.75, 3.05) is 7.11 Å². The molecule has 2 aromatic carbocycles. The van der Waals surface area contributed by atoms with E-state index >= 15 is 0 Å². The third kappa shape index (κ3) is 3.38. The molecule has 2 rings (SSSR count). The number of benzene rings is 2. The number of methoxy groups -OCH3 is 1. The second kappa shape index (κ2) is 6.58. The highest BCUT2D eigenvalue weighted by Gasteiger charge is 2.22. The van der Waals surface area contributed by atoms with Gasteiger partial charge >= 0.3 is 0 Å². The van der Waals surface area contributed by atoms with E-state index in [0.717, 1.165) is 18.2 Å². The molecule has 0 fully saturated rings. The minimum absolute atomic E-state index is 0.0358. The van der Waals surface area contributed by atoms with Gasteiger partial charge in [-0.15, -0.1) is 0 Å². The van der Waals surface area contributed by atoms with E-state index in [9.17, 15) is 13.2 Å². The first-order valence-corrected chi connectivity index (χ1v) is 7.75. The van der Waals surface area contributed by atoms with Crippen molar-refractivity contribution in [3.05, 3.63) is 62.3 Å². The van der Waals surface area contributed by atoms with E-state index in [0.29, 0.717) is 5.56 Å². The summed E-state index contributed by atoms with van der Waals surface area (Å²) in [6.45, 7) is 0. The van der Waals surface area contributed by atoms with E-state index in [1.807, 2.05) is 0 Å². The molecule has 0 aromatic heterocycles. The van der Waals surface area contributed by atoms with Crippen LogP contribution in [0.5, 0.6) is 5.75 Å². The summed E-state index contributed by atoms with van der Waals surface area (Å²) in [6.07, 6.45) is 0. The fourth-order valence-electron chi connectivity index (χ4n) is 1.82. The van der Waals surface area contributed by atoms with Gasteiger partial charge in [-0.25, -0.2) is 13.2 Å². The maximum Gasteiger partial charge on any atom is 0.142 e. The molecule has 0 aliphatic carbocycles.